The van der Waals surface area contributed by atoms with Crippen LogP contribution in [0.25, 0.3) is 0 Å². The average Bonchev–Trinajstić information content (AvgIpc) is 1.98. The number of rotatable bonds is 1. The van der Waals surface area contributed by atoms with E-state index >= 15 is 0 Å². The Labute approximate surface area is 85.2 Å². The molecule has 4 saturated carbocycles. The van der Waals surface area contributed by atoms with Crippen LogP contribution in [0.1, 0.15) is 45.4 Å². The molecule has 2 heteroatoms. The fourth-order valence-electron chi connectivity index (χ4n) is 4.75. The number of hydrogen-bond donors (Lipinski definition) is 1. The Morgan fingerprint density at radius 2 is 1.79 bits per heavy atom. The molecule has 2 nitrogen and oxygen atoms in total. The molecule has 0 aromatic carbocycles. The van der Waals surface area contributed by atoms with Gasteiger partial charge in [0, 0.05) is 11.0 Å². The van der Waals surface area contributed by atoms with Gasteiger partial charge >= 0.3 is 0 Å². The maximum absolute atomic E-state index is 11.8. The number of nitrogens with two attached hydrogens (primary N) is 1. The van der Waals surface area contributed by atoms with Gasteiger partial charge in [0.15, 0.2) is 0 Å². The van der Waals surface area contributed by atoms with Crippen LogP contribution in [0.3, 0.4) is 0 Å². The minimum absolute atomic E-state index is 0.00116. The molecule has 4 bridgehead atoms. The molecular weight excluding hydrogens is 174 g/mol. The lowest BCUT2D eigenvalue weighted by Gasteiger charge is -2.60. The van der Waals surface area contributed by atoms with Crippen molar-refractivity contribution in [2.45, 2.75) is 51.0 Å². The van der Waals surface area contributed by atoms with Gasteiger partial charge in [0.25, 0.3) is 0 Å². The Kier molecular flexibility index (Phi) is 1.53. The molecule has 0 aliphatic heterocycles. The minimum Gasteiger partial charge on any atom is -0.325 e. The standard InChI is InChI=1S/C12H19NO/c1-8(14)11-3-9-2-10(4-11)6-12(13,5-9)7-11/h9-10H,2-7,13H2,1H3. The quantitative estimate of drug-likeness (QED) is 0.691. The first kappa shape index (κ1) is 8.90. The van der Waals surface area contributed by atoms with Crippen molar-refractivity contribution in [3.63, 3.8) is 0 Å². The molecular formula is C12H19NO. The van der Waals surface area contributed by atoms with Crippen molar-refractivity contribution in [3.05, 3.63) is 0 Å². The second-order valence-electron chi connectivity index (χ2n) is 6.16. The van der Waals surface area contributed by atoms with Crippen LogP contribution in [0.2, 0.25) is 0 Å². The van der Waals surface area contributed by atoms with E-state index in [9.17, 15) is 4.79 Å². The topological polar surface area (TPSA) is 43.1 Å². The molecule has 78 valence electrons. The number of hydrogen-bond acceptors (Lipinski definition) is 2. The van der Waals surface area contributed by atoms with Crippen LogP contribution in [-0.2, 0) is 4.79 Å². The van der Waals surface area contributed by atoms with Crippen LogP contribution in [0.5, 0.6) is 0 Å². The molecule has 2 N–H and O–H groups in total. The highest BCUT2D eigenvalue weighted by Gasteiger charge is 2.57. The zero-order chi connectivity index (χ0) is 9.97. The lowest BCUT2D eigenvalue weighted by atomic mass is 9.46. The second-order valence-corrected chi connectivity index (χ2v) is 6.16. The summed E-state index contributed by atoms with van der Waals surface area (Å²) < 4.78 is 0. The maximum Gasteiger partial charge on any atom is 0.136 e. The number of Topliss-reactive ketones (excluding diaryl/α,β-unsaturated/α-hetero) is 1. The molecule has 0 amide bonds. The van der Waals surface area contributed by atoms with E-state index in [2.05, 4.69) is 0 Å². The van der Waals surface area contributed by atoms with Crippen LogP contribution >= 0.6 is 0 Å². The van der Waals surface area contributed by atoms with Gasteiger partial charge in [-0.05, 0) is 57.3 Å². The van der Waals surface area contributed by atoms with Gasteiger partial charge in [0.1, 0.15) is 5.78 Å². The predicted octanol–water partition coefficient (Wildman–Crippen LogP) is 1.87. The molecule has 0 aromatic heterocycles. The predicted molar refractivity (Wildman–Crippen MR) is 54.7 cm³/mol. The summed E-state index contributed by atoms with van der Waals surface area (Å²) in [5, 5.41) is 0. The third kappa shape index (κ3) is 1.04. The number of carbonyl (C=O) groups excluding carboxylic acids is 1. The van der Waals surface area contributed by atoms with E-state index in [1.165, 1.54) is 19.3 Å². The molecule has 2 atom stereocenters. The highest BCUT2D eigenvalue weighted by atomic mass is 16.1. The molecule has 4 rings (SSSR count). The van der Waals surface area contributed by atoms with Crippen molar-refractivity contribution < 1.29 is 4.79 Å². The van der Waals surface area contributed by atoms with Crippen LogP contribution in [0.15, 0.2) is 0 Å². The average molecular weight is 193 g/mol. The first-order valence-corrected chi connectivity index (χ1v) is 5.81. The van der Waals surface area contributed by atoms with Gasteiger partial charge in [-0.25, -0.2) is 0 Å². The van der Waals surface area contributed by atoms with Crippen molar-refractivity contribution in [2.75, 3.05) is 0 Å². The summed E-state index contributed by atoms with van der Waals surface area (Å²) in [5.74, 6) is 1.91. The van der Waals surface area contributed by atoms with E-state index in [0.29, 0.717) is 5.78 Å². The Bertz CT molecular complexity index is 283. The third-order valence-corrected chi connectivity index (χ3v) is 4.85. The monoisotopic (exact) mass is 193 g/mol. The minimum atomic E-state index is -0.00116. The van der Waals surface area contributed by atoms with Crippen molar-refractivity contribution in [3.8, 4) is 0 Å². The molecule has 0 saturated heterocycles. The Hall–Kier alpha value is -0.370. The maximum atomic E-state index is 11.8. The molecule has 4 fully saturated rings. The van der Waals surface area contributed by atoms with Gasteiger partial charge in [-0.15, -0.1) is 0 Å². The summed E-state index contributed by atoms with van der Waals surface area (Å²) in [7, 11) is 0. The molecule has 0 heterocycles. The van der Waals surface area contributed by atoms with Crippen molar-refractivity contribution in [2.24, 2.45) is 23.0 Å². The molecule has 0 aromatic rings. The highest BCUT2D eigenvalue weighted by molar-refractivity contribution is 5.83. The summed E-state index contributed by atoms with van der Waals surface area (Å²) >= 11 is 0. The smallest absolute Gasteiger partial charge is 0.136 e. The van der Waals surface area contributed by atoms with E-state index in [1.54, 1.807) is 6.92 Å². The van der Waals surface area contributed by atoms with Gasteiger partial charge in [0.05, 0.1) is 0 Å². The normalized spacial score (nSPS) is 55.0. The summed E-state index contributed by atoms with van der Waals surface area (Å²) in [6.45, 7) is 1.77. The Morgan fingerprint density at radius 3 is 2.21 bits per heavy atom. The van der Waals surface area contributed by atoms with E-state index < -0.39 is 0 Å². The van der Waals surface area contributed by atoms with Gasteiger partial charge in [-0.3, -0.25) is 4.79 Å². The van der Waals surface area contributed by atoms with E-state index in [1.807, 2.05) is 0 Å². The third-order valence-electron chi connectivity index (χ3n) is 4.85. The zero-order valence-electron chi connectivity index (χ0n) is 8.88. The fourth-order valence-corrected chi connectivity index (χ4v) is 4.75. The van der Waals surface area contributed by atoms with Crippen LogP contribution in [0, 0.1) is 17.3 Å². The zero-order valence-corrected chi connectivity index (χ0v) is 8.88. The van der Waals surface area contributed by atoms with Gasteiger partial charge < -0.3 is 5.73 Å². The molecule has 14 heavy (non-hydrogen) atoms. The second kappa shape index (κ2) is 2.41. The van der Waals surface area contributed by atoms with Crippen LogP contribution in [-0.4, -0.2) is 11.3 Å². The Morgan fingerprint density at radius 1 is 1.21 bits per heavy atom. The van der Waals surface area contributed by atoms with E-state index in [4.69, 9.17) is 5.73 Å². The first-order chi connectivity index (χ1) is 6.51. The van der Waals surface area contributed by atoms with Crippen molar-refractivity contribution in [1.29, 1.82) is 0 Å². The molecule has 4 aliphatic carbocycles. The van der Waals surface area contributed by atoms with Gasteiger partial charge in [-0.2, -0.15) is 0 Å². The highest BCUT2D eigenvalue weighted by Crippen LogP contribution is 2.60. The van der Waals surface area contributed by atoms with Crippen LogP contribution in [0.4, 0.5) is 0 Å². The molecule has 2 unspecified atom stereocenters. The molecule has 0 spiro atoms. The van der Waals surface area contributed by atoms with Crippen molar-refractivity contribution in [1.82, 2.24) is 0 Å². The molecule has 4 aliphatic rings. The number of carbonyl (C=O) groups is 1. The first-order valence-electron chi connectivity index (χ1n) is 5.81. The summed E-state index contributed by atoms with van der Waals surface area (Å²) in [6, 6.07) is 0. The lowest BCUT2D eigenvalue weighted by molar-refractivity contribution is -0.143. The summed E-state index contributed by atoms with van der Waals surface area (Å²) in [5.41, 5.74) is 6.41. The van der Waals surface area contributed by atoms with Crippen LogP contribution < -0.4 is 5.73 Å². The fraction of sp³-hybridized carbons (Fsp3) is 0.917. The van der Waals surface area contributed by atoms with Gasteiger partial charge in [0.2, 0.25) is 0 Å². The summed E-state index contributed by atoms with van der Waals surface area (Å²) in [6.07, 6.45) is 6.95. The molecule has 0 radical (unpaired) electrons. The number of ketones is 1. The largest absolute Gasteiger partial charge is 0.325 e. The lowest BCUT2D eigenvalue weighted by Crippen LogP contribution is -2.61. The SMILES string of the molecule is CC(=O)C12CC3CC(CC(N)(C3)C1)C2. The van der Waals surface area contributed by atoms with E-state index in [-0.39, 0.29) is 11.0 Å². The van der Waals surface area contributed by atoms with E-state index in [0.717, 1.165) is 31.1 Å². The Balaban J connectivity index is 2.00. The summed E-state index contributed by atoms with van der Waals surface area (Å²) in [4.78, 5) is 11.8. The van der Waals surface area contributed by atoms with Crippen molar-refractivity contribution >= 4 is 5.78 Å². The van der Waals surface area contributed by atoms with Gasteiger partial charge in [-0.1, -0.05) is 0 Å².